The molecule has 0 bridgehead atoms. The van der Waals surface area contributed by atoms with Crippen LogP contribution in [0.15, 0.2) is 52.2 Å². The number of halogens is 6. The summed E-state index contributed by atoms with van der Waals surface area (Å²) < 4.78 is 40.5. The highest BCUT2D eigenvalue weighted by Gasteiger charge is 2.27. The summed E-state index contributed by atoms with van der Waals surface area (Å²) in [7, 11) is 0. The molecule has 2 aliphatic heterocycles. The zero-order valence-corrected chi connectivity index (χ0v) is 28.2. The lowest BCUT2D eigenvalue weighted by Crippen LogP contribution is -2.27. The maximum absolute atomic E-state index is 14.7. The number of ether oxygens (including phenoxy) is 1. The molecule has 256 valence electrons. The van der Waals surface area contributed by atoms with Gasteiger partial charge in [-0.05, 0) is 72.0 Å². The van der Waals surface area contributed by atoms with E-state index in [2.05, 4.69) is 4.98 Å². The van der Waals surface area contributed by atoms with Crippen LogP contribution in [0, 0.1) is 21.7 Å². The van der Waals surface area contributed by atoms with Gasteiger partial charge in [-0.3, -0.25) is 19.0 Å². The predicted octanol–water partition coefficient (Wildman–Crippen LogP) is 7.91. The van der Waals surface area contributed by atoms with E-state index in [1.54, 1.807) is 9.36 Å². The van der Waals surface area contributed by atoms with E-state index in [1.165, 1.54) is 33.8 Å². The maximum atomic E-state index is 14.7. The molecule has 12 nitrogen and oxygen atoms in total. The summed E-state index contributed by atoms with van der Waals surface area (Å²) in [5.74, 6) is -2.49. The molecule has 0 atom stereocenters. The van der Waals surface area contributed by atoms with Gasteiger partial charge in [0, 0.05) is 37.3 Å². The van der Waals surface area contributed by atoms with Crippen LogP contribution in [0.5, 0.6) is 17.2 Å². The summed E-state index contributed by atoms with van der Waals surface area (Å²) in [4.78, 5) is 39.3. The summed E-state index contributed by atoms with van der Waals surface area (Å²) in [6.07, 6.45) is 4.72. The molecule has 0 spiro atoms. The number of hydrogen-bond acceptors (Lipinski definition) is 7. The van der Waals surface area contributed by atoms with Gasteiger partial charge in [0.1, 0.15) is 39.6 Å². The SMILES string of the molecule is O=c1c(-c2cc(O)c(Cl)cc2F)c(Cl)n2n1CCCC2.O=c1c(-c2cc(Oc3cccnc3[N+](=O)[O-])c(Cl)cc2F)c(Cl)n2n1CCCC2. The van der Waals surface area contributed by atoms with Gasteiger partial charge in [-0.1, -0.05) is 46.4 Å². The van der Waals surface area contributed by atoms with Crippen molar-refractivity contribution in [1.82, 2.24) is 23.7 Å². The Labute approximate surface area is 295 Å². The zero-order valence-electron chi connectivity index (χ0n) is 25.1. The van der Waals surface area contributed by atoms with E-state index in [9.17, 15) is 33.6 Å². The molecule has 1 N–H and O–H groups in total. The van der Waals surface area contributed by atoms with Gasteiger partial charge in [-0.2, -0.15) is 0 Å². The molecule has 5 aromatic rings. The van der Waals surface area contributed by atoms with Crippen LogP contribution in [-0.4, -0.2) is 33.7 Å². The quantitative estimate of drug-likeness (QED) is 0.142. The molecule has 3 aromatic heterocycles. The van der Waals surface area contributed by atoms with Crippen molar-refractivity contribution in [3.63, 3.8) is 0 Å². The fourth-order valence-electron chi connectivity index (χ4n) is 5.75. The second-order valence-electron chi connectivity index (χ2n) is 11.1. The van der Waals surface area contributed by atoms with Gasteiger partial charge in [-0.25, -0.2) is 18.1 Å². The van der Waals surface area contributed by atoms with Crippen molar-refractivity contribution >= 4 is 52.2 Å². The van der Waals surface area contributed by atoms with Crippen molar-refractivity contribution in [2.24, 2.45) is 0 Å². The summed E-state index contributed by atoms with van der Waals surface area (Å²) >= 11 is 24.3. The summed E-state index contributed by atoms with van der Waals surface area (Å²) in [5.41, 5.74) is -0.840. The molecule has 0 amide bonds. The van der Waals surface area contributed by atoms with Crippen molar-refractivity contribution in [3.05, 3.63) is 105 Å². The Morgan fingerprint density at radius 3 is 1.76 bits per heavy atom. The molecule has 0 unspecified atom stereocenters. The monoisotopic (exact) mass is 754 g/mol. The molecule has 49 heavy (non-hydrogen) atoms. The number of phenols is 1. The van der Waals surface area contributed by atoms with Crippen LogP contribution in [0.3, 0.4) is 0 Å². The van der Waals surface area contributed by atoms with Crippen LogP contribution >= 0.6 is 46.4 Å². The van der Waals surface area contributed by atoms with Crippen molar-refractivity contribution in [1.29, 1.82) is 0 Å². The third kappa shape index (κ3) is 6.41. The van der Waals surface area contributed by atoms with E-state index in [1.807, 2.05) is 0 Å². The number of phenolic OH excluding ortho intramolecular Hbond substituents is 1. The number of aromatic nitrogens is 5. The molecule has 2 aromatic carbocycles. The molecule has 0 saturated heterocycles. The minimum absolute atomic E-state index is 0.00623. The van der Waals surface area contributed by atoms with Crippen LogP contribution < -0.4 is 15.9 Å². The number of fused-ring (bicyclic) bond motifs is 2. The van der Waals surface area contributed by atoms with Gasteiger partial charge in [0.2, 0.25) is 5.75 Å². The average molecular weight is 756 g/mol. The molecule has 0 aliphatic carbocycles. The van der Waals surface area contributed by atoms with Crippen molar-refractivity contribution < 1.29 is 23.5 Å². The Hall–Kier alpha value is -4.37. The first-order chi connectivity index (χ1) is 23.4. The van der Waals surface area contributed by atoms with Gasteiger partial charge >= 0.3 is 5.82 Å². The van der Waals surface area contributed by atoms with Crippen molar-refractivity contribution in [2.75, 3.05) is 0 Å². The minimum atomic E-state index is -0.759. The first-order valence-corrected chi connectivity index (χ1v) is 16.3. The number of pyridine rings is 1. The summed E-state index contributed by atoms with van der Waals surface area (Å²) in [5, 5.41) is 20.8. The van der Waals surface area contributed by atoms with E-state index in [0.29, 0.717) is 26.2 Å². The van der Waals surface area contributed by atoms with E-state index >= 15 is 0 Å². The normalized spacial score (nSPS) is 13.7. The predicted molar refractivity (Wildman–Crippen MR) is 179 cm³/mol. The van der Waals surface area contributed by atoms with Crippen LogP contribution in [-0.2, 0) is 26.2 Å². The molecule has 18 heteroatoms. The Morgan fingerprint density at radius 1 is 0.755 bits per heavy atom. The van der Waals surface area contributed by atoms with E-state index < -0.39 is 27.9 Å². The average Bonchev–Trinajstić information content (AvgIpc) is 3.48. The molecule has 5 heterocycles. The van der Waals surface area contributed by atoms with Gasteiger partial charge in [0.15, 0.2) is 0 Å². The molecule has 2 aliphatic rings. The van der Waals surface area contributed by atoms with Crippen LogP contribution in [0.4, 0.5) is 14.6 Å². The Balaban J connectivity index is 0.000000182. The lowest BCUT2D eigenvalue weighted by atomic mass is 10.1. The third-order valence-corrected chi connectivity index (χ3v) is 9.43. The number of benzene rings is 2. The van der Waals surface area contributed by atoms with Gasteiger partial charge in [-0.15, -0.1) is 0 Å². The van der Waals surface area contributed by atoms with Crippen LogP contribution in [0.25, 0.3) is 22.3 Å². The third-order valence-electron chi connectivity index (χ3n) is 8.07. The van der Waals surface area contributed by atoms with Crippen molar-refractivity contribution in [3.8, 4) is 39.5 Å². The molecular formula is C31H24Cl4F2N6O6. The number of nitro groups is 1. The summed E-state index contributed by atoms with van der Waals surface area (Å²) in [6, 6.07) is 7.08. The first-order valence-electron chi connectivity index (χ1n) is 14.8. The minimum Gasteiger partial charge on any atom is -0.506 e. The van der Waals surface area contributed by atoms with E-state index in [-0.39, 0.29) is 65.4 Å². The molecule has 7 rings (SSSR count). The fraction of sp³-hybridized carbons (Fsp3) is 0.258. The lowest BCUT2D eigenvalue weighted by Gasteiger charge is -2.17. The van der Waals surface area contributed by atoms with E-state index in [4.69, 9.17) is 51.1 Å². The van der Waals surface area contributed by atoms with Crippen molar-refractivity contribution in [2.45, 2.75) is 51.9 Å². The topological polar surface area (TPSA) is 139 Å². The lowest BCUT2D eigenvalue weighted by molar-refractivity contribution is -0.390. The Bertz CT molecular complexity index is 2250. The maximum Gasteiger partial charge on any atom is 0.406 e. The Kier molecular flexibility index (Phi) is 9.76. The summed E-state index contributed by atoms with van der Waals surface area (Å²) in [6.45, 7) is 2.21. The van der Waals surface area contributed by atoms with Crippen LogP contribution in [0.1, 0.15) is 25.7 Å². The standard InChI is InChI=1S/C18H13Cl2FN4O4.C13H11Cl2FN2O2/c19-11-9-12(21)10(15-16(20)23-6-1-2-7-24(23)18(15)26)8-14(11)29-13-4-3-5-22-17(13)25(27)28;14-8-6-9(16)7(5-10(8)19)11-12(15)17-3-1-2-4-18(17)13(11)20/h3-5,8-9H,1-2,6-7H2;5-6,19H,1-4H2. The Morgan fingerprint density at radius 2 is 1.24 bits per heavy atom. The highest BCUT2D eigenvalue weighted by atomic mass is 35.5. The largest absolute Gasteiger partial charge is 0.506 e. The number of rotatable bonds is 5. The van der Waals surface area contributed by atoms with Gasteiger partial charge in [0.05, 0.1) is 21.2 Å². The number of hydrogen-bond donors (Lipinski definition) is 1. The first kappa shape index (κ1) is 34.5. The van der Waals surface area contributed by atoms with Gasteiger partial charge in [0.25, 0.3) is 11.1 Å². The van der Waals surface area contributed by atoms with E-state index in [0.717, 1.165) is 43.9 Å². The fourth-order valence-corrected chi connectivity index (χ4v) is 6.81. The highest BCUT2D eigenvalue weighted by molar-refractivity contribution is 6.34. The zero-order chi connectivity index (χ0) is 35.1. The van der Waals surface area contributed by atoms with Gasteiger partial charge < -0.3 is 20.0 Å². The molecule has 0 fully saturated rings. The number of nitrogens with zero attached hydrogens (tertiary/aromatic N) is 6. The molecule has 0 radical (unpaired) electrons. The number of aromatic hydroxyl groups is 1. The molecular weight excluding hydrogens is 732 g/mol. The second kappa shape index (κ2) is 13.9. The second-order valence-corrected chi connectivity index (χ2v) is 12.6. The molecule has 0 saturated carbocycles. The highest BCUT2D eigenvalue weighted by Crippen LogP contribution is 2.39. The van der Waals surface area contributed by atoms with Crippen LogP contribution in [0.2, 0.25) is 20.4 Å². The smallest absolute Gasteiger partial charge is 0.406 e.